The van der Waals surface area contributed by atoms with E-state index >= 15 is 0 Å². The van der Waals surface area contributed by atoms with Crippen molar-refractivity contribution in [3.8, 4) is 0 Å². The Balaban J connectivity index is 1.97. The number of likely N-dealkylation sites (tertiary alicyclic amines) is 1. The van der Waals surface area contributed by atoms with Crippen LogP contribution in [0.1, 0.15) is 24.8 Å². The summed E-state index contributed by atoms with van der Waals surface area (Å²) < 4.78 is 5.22. The predicted octanol–water partition coefficient (Wildman–Crippen LogP) is 2.08. The van der Waals surface area contributed by atoms with E-state index in [2.05, 4.69) is 0 Å². The molecule has 22 heavy (non-hydrogen) atoms. The van der Waals surface area contributed by atoms with Gasteiger partial charge in [0.15, 0.2) is 0 Å². The Morgan fingerprint density at radius 3 is 2.68 bits per heavy atom. The molecule has 6 nitrogen and oxygen atoms in total. The Morgan fingerprint density at radius 1 is 1.32 bits per heavy atom. The predicted molar refractivity (Wildman–Crippen MR) is 78.2 cm³/mol. The molecule has 1 saturated heterocycles. The molecule has 0 radical (unpaired) electrons. The van der Waals surface area contributed by atoms with Crippen molar-refractivity contribution in [1.82, 2.24) is 4.90 Å². The first-order valence-corrected chi connectivity index (χ1v) is 7.20. The number of nitrogens with zero attached hydrogens (tertiary/aromatic N) is 1. The number of amides is 1. The van der Waals surface area contributed by atoms with Crippen LogP contribution in [-0.2, 0) is 20.9 Å². The van der Waals surface area contributed by atoms with E-state index in [-0.39, 0.29) is 19.6 Å². The molecule has 1 atom stereocenters. The number of hydrogen-bond acceptors (Lipinski definition) is 4. The van der Waals surface area contributed by atoms with Crippen molar-refractivity contribution >= 4 is 18.3 Å². The van der Waals surface area contributed by atoms with Gasteiger partial charge in [0, 0.05) is 19.5 Å². The largest absolute Gasteiger partial charge is 0.481 e. The Morgan fingerprint density at radius 2 is 2.05 bits per heavy atom. The molecule has 6 heteroatoms. The van der Waals surface area contributed by atoms with Crippen molar-refractivity contribution in [3.05, 3.63) is 35.9 Å². The molecule has 0 aromatic heterocycles. The number of piperidine rings is 1. The van der Waals surface area contributed by atoms with Crippen LogP contribution in [0.25, 0.3) is 0 Å². The molecule has 1 N–H and O–H groups in total. The maximum Gasteiger partial charge on any atom is 0.410 e. The van der Waals surface area contributed by atoms with Gasteiger partial charge in [0.1, 0.15) is 12.9 Å². The van der Waals surface area contributed by atoms with Gasteiger partial charge < -0.3 is 19.5 Å². The van der Waals surface area contributed by atoms with Crippen LogP contribution in [0.15, 0.2) is 30.3 Å². The van der Waals surface area contributed by atoms with E-state index < -0.39 is 17.5 Å². The average Bonchev–Trinajstić information content (AvgIpc) is 2.54. The first-order valence-electron chi connectivity index (χ1n) is 7.20. The summed E-state index contributed by atoms with van der Waals surface area (Å²) in [5, 5.41) is 9.39. The third-order valence-electron chi connectivity index (χ3n) is 3.97. The summed E-state index contributed by atoms with van der Waals surface area (Å²) in [7, 11) is 0. The minimum absolute atomic E-state index is 0.00863. The monoisotopic (exact) mass is 305 g/mol. The molecule has 1 amide bonds. The first kappa shape index (κ1) is 16.0. The number of carboxylic acids is 1. The van der Waals surface area contributed by atoms with E-state index in [0.717, 1.165) is 5.56 Å². The zero-order valence-electron chi connectivity index (χ0n) is 12.2. The molecular formula is C16H19NO5. The Kier molecular flexibility index (Phi) is 5.14. The van der Waals surface area contributed by atoms with Crippen LogP contribution < -0.4 is 0 Å². The second-order valence-corrected chi connectivity index (χ2v) is 5.52. The quantitative estimate of drug-likeness (QED) is 0.842. The minimum atomic E-state index is -1.19. The molecule has 0 aliphatic carbocycles. The van der Waals surface area contributed by atoms with Gasteiger partial charge in [-0.05, 0) is 18.4 Å². The fourth-order valence-electron chi connectivity index (χ4n) is 2.69. The average molecular weight is 305 g/mol. The highest BCUT2D eigenvalue weighted by Gasteiger charge is 2.43. The lowest BCUT2D eigenvalue weighted by molar-refractivity contribution is -0.153. The molecule has 2 rings (SSSR count). The lowest BCUT2D eigenvalue weighted by Crippen LogP contribution is -2.50. The summed E-state index contributed by atoms with van der Waals surface area (Å²) in [6.07, 6.45) is 0.905. The van der Waals surface area contributed by atoms with Gasteiger partial charge in [-0.1, -0.05) is 30.3 Å². The number of carboxylic acid groups (broad SMARTS) is 1. The first-order chi connectivity index (χ1) is 10.6. The highest BCUT2D eigenvalue weighted by molar-refractivity contribution is 5.80. The summed E-state index contributed by atoms with van der Waals surface area (Å²) in [4.78, 5) is 35.7. The van der Waals surface area contributed by atoms with Crippen LogP contribution in [0, 0.1) is 5.41 Å². The fourth-order valence-corrected chi connectivity index (χ4v) is 2.69. The maximum atomic E-state index is 12.1. The van der Waals surface area contributed by atoms with Gasteiger partial charge >= 0.3 is 12.1 Å². The molecule has 0 saturated carbocycles. The van der Waals surface area contributed by atoms with Gasteiger partial charge in [-0.15, -0.1) is 0 Å². The van der Waals surface area contributed by atoms with Gasteiger partial charge in [-0.3, -0.25) is 4.79 Å². The smallest absolute Gasteiger partial charge is 0.410 e. The van der Waals surface area contributed by atoms with Crippen molar-refractivity contribution in [2.24, 2.45) is 5.41 Å². The third kappa shape index (κ3) is 3.63. The molecule has 1 aromatic carbocycles. The van der Waals surface area contributed by atoms with Crippen molar-refractivity contribution in [2.45, 2.75) is 25.9 Å². The minimum Gasteiger partial charge on any atom is -0.481 e. The number of rotatable bonds is 5. The second-order valence-electron chi connectivity index (χ2n) is 5.52. The van der Waals surface area contributed by atoms with E-state index in [1.165, 1.54) is 4.90 Å². The Bertz CT molecular complexity index is 545. The van der Waals surface area contributed by atoms with Crippen molar-refractivity contribution < 1.29 is 24.2 Å². The Hall–Kier alpha value is -2.37. The number of hydrogen-bond donors (Lipinski definition) is 1. The highest BCUT2D eigenvalue weighted by Crippen LogP contribution is 2.33. The van der Waals surface area contributed by atoms with E-state index in [0.29, 0.717) is 25.7 Å². The lowest BCUT2D eigenvalue weighted by Gasteiger charge is -2.38. The number of aliphatic carboxylic acids is 1. The van der Waals surface area contributed by atoms with Crippen molar-refractivity contribution in [3.63, 3.8) is 0 Å². The van der Waals surface area contributed by atoms with Crippen LogP contribution in [0.3, 0.4) is 0 Å². The van der Waals surface area contributed by atoms with Gasteiger partial charge in [0.2, 0.25) is 0 Å². The molecule has 1 unspecified atom stereocenters. The van der Waals surface area contributed by atoms with Crippen LogP contribution >= 0.6 is 0 Å². The molecule has 1 fully saturated rings. The van der Waals surface area contributed by atoms with Crippen LogP contribution in [0.2, 0.25) is 0 Å². The Labute approximate surface area is 128 Å². The van der Waals surface area contributed by atoms with E-state index in [9.17, 15) is 19.5 Å². The molecule has 0 bridgehead atoms. The second kappa shape index (κ2) is 7.06. The number of aldehydes is 1. The normalized spacial score (nSPS) is 21.2. The number of carbonyl (C=O) groups is 3. The zero-order chi connectivity index (χ0) is 16.0. The standard InChI is InChI=1S/C16H19NO5/c18-10-8-16(14(19)20)7-4-9-17(12-16)15(21)22-11-13-5-2-1-3-6-13/h1-3,5-6,10H,4,7-9,11-12H2,(H,19,20). The third-order valence-corrected chi connectivity index (χ3v) is 3.97. The van der Waals surface area contributed by atoms with Gasteiger partial charge in [-0.25, -0.2) is 4.79 Å². The molecule has 0 spiro atoms. The summed E-state index contributed by atoms with van der Waals surface area (Å²) in [6.45, 7) is 0.597. The van der Waals surface area contributed by atoms with Gasteiger partial charge in [-0.2, -0.15) is 0 Å². The van der Waals surface area contributed by atoms with Crippen LogP contribution in [0.5, 0.6) is 0 Å². The maximum absolute atomic E-state index is 12.1. The van der Waals surface area contributed by atoms with E-state index in [1.807, 2.05) is 30.3 Å². The van der Waals surface area contributed by atoms with Crippen LogP contribution in [-0.4, -0.2) is 41.4 Å². The molecule has 1 aliphatic heterocycles. The molecular weight excluding hydrogens is 286 g/mol. The fraction of sp³-hybridized carbons (Fsp3) is 0.438. The molecule has 118 valence electrons. The summed E-state index contributed by atoms with van der Waals surface area (Å²) in [5.74, 6) is -1.04. The summed E-state index contributed by atoms with van der Waals surface area (Å²) in [6, 6.07) is 9.26. The number of benzene rings is 1. The summed E-state index contributed by atoms with van der Waals surface area (Å²) in [5.41, 5.74) is -0.323. The van der Waals surface area contributed by atoms with E-state index in [1.54, 1.807) is 0 Å². The highest BCUT2D eigenvalue weighted by atomic mass is 16.6. The molecule has 1 aromatic rings. The zero-order valence-corrected chi connectivity index (χ0v) is 12.2. The van der Waals surface area contributed by atoms with Gasteiger partial charge in [0.25, 0.3) is 0 Å². The van der Waals surface area contributed by atoms with Crippen molar-refractivity contribution in [2.75, 3.05) is 13.1 Å². The number of ether oxygens (including phenoxy) is 1. The summed E-state index contributed by atoms with van der Waals surface area (Å²) >= 11 is 0. The van der Waals surface area contributed by atoms with Crippen LogP contribution in [0.4, 0.5) is 4.79 Å². The topological polar surface area (TPSA) is 83.9 Å². The van der Waals surface area contributed by atoms with E-state index in [4.69, 9.17) is 4.74 Å². The molecule has 1 heterocycles. The van der Waals surface area contributed by atoms with Gasteiger partial charge in [0.05, 0.1) is 5.41 Å². The number of carbonyl (C=O) groups excluding carboxylic acids is 2. The SMILES string of the molecule is O=CCC1(C(=O)O)CCCN(C(=O)OCc2ccccc2)C1. The van der Waals surface area contributed by atoms with Crippen molar-refractivity contribution in [1.29, 1.82) is 0 Å². The lowest BCUT2D eigenvalue weighted by atomic mass is 9.77. The molecule has 1 aliphatic rings.